The molecule has 0 saturated carbocycles. The van der Waals surface area contributed by atoms with Crippen molar-refractivity contribution in [2.45, 2.75) is 0 Å². The average Bonchev–Trinajstić information content (AvgIpc) is 3.09. The molecule has 3 aromatic rings. The molecule has 5 nitrogen and oxygen atoms in total. The number of carboxylic acid groups (broad SMARTS) is 1. The number of anilines is 1. The third-order valence-electron chi connectivity index (χ3n) is 3.54. The Hall–Kier alpha value is -3.31. The lowest BCUT2D eigenvalue weighted by atomic mass is 10.2. The standard InChI is InChI=1S/C20H14ClNO4/c21-17-7-2-1-6-16(17)18-10-8-15(26-18)9-11-19(23)22-14-5-3-4-13(12-14)20(24)25/h1-12H,(H,22,23)(H,24,25)/b11-9+. The molecule has 130 valence electrons. The fourth-order valence-corrected chi connectivity index (χ4v) is 2.55. The van der Waals surface area contributed by atoms with Gasteiger partial charge in [0.05, 0.1) is 10.6 Å². The first-order chi connectivity index (χ1) is 12.5. The first-order valence-electron chi connectivity index (χ1n) is 7.70. The van der Waals surface area contributed by atoms with E-state index in [-0.39, 0.29) is 5.56 Å². The molecule has 0 bridgehead atoms. The van der Waals surface area contributed by atoms with Crippen LogP contribution in [0.4, 0.5) is 5.69 Å². The van der Waals surface area contributed by atoms with Crippen molar-refractivity contribution in [1.82, 2.24) is 0 Å². The molecule has 2 N–H and O–H groups in total. The SMILES string of the molecule is O=C(/C=C/c1ccc(-c2ccccc2Cl)o1)Nc1cccc(C(=O)O)c1. The fraction of sp³-hybridized carbons (Fsp3) is 0. The van der Waals surface area contributed by atoms with Gasteiger partial charge in [-0.2, -0.15) is 0 Å². The summed E-state index contributed by atoms with van der Waals surface area (Å²) in [4.78, 5) is 22.9. The highest BCUT2D eigenvalue weighted by molar-refractivity contribution is 6.33. The lowest BCUT2D eigenvalue weighted by Gasteiger charge is -2.02. The van der Waals surface area contributed by atoms with E-state index >= 15 is 0 Å². The fourth-order valence-electron chi connectivity index (χ4n) is 2.32. The zero-order chi connectivity index (χ0) is 18.5. The van der Waals surface area contributed by atoms with Crippen LogP contribution in [0.1, 0.15) is 16.1 Å². The molecule has 0 radical (unpaired) electrons. The average molecular weight is 368 g/mol. The number of halogens is 1. The highest BCUT2D eigenvalue weighted by atomic mass is 35.5. The van der Waals surface area contributed by atoms with Gasteiger partial charge in [-0.1, -0.05) is 29.8 Å². The second-order valence-corrected chi connectivity index (χ2v) is 5.80. The number of benzene rings is 2. The summed E-state index contributed by atoms with van der Waals surface area (Å²) in [5, 5.41) is 12.1. The zero-order valence-corrected chi connectivity index (χ0v) is 14.2. The Morgan fingerprint density at radius 1 is 1.04 bits per heavy atom. The number of carbonyl (C=O) groups excluding carboxylic acids is 1. The van der Waals surface area contributed by atoms with Gasteiger partial charge in [-0.15, -0.1) is 0 Å². The van der Waals surface area contributed by atoms with Crippen LogP contribution < -0.4 is 5.32 Å². The molecule has 0 aliphatic rings. The second kappa shape index (κ2) is 7.72. The Labute approximate surface area is 154 Å². The second-order valence-electron chi connectivity index (χ2n) is 5.39. The van der Waals surface area contributed by atoms with E-state index in [1.807, 2.05) is 18.2 Å². The van der Waals surface area contributed by atoms with Crippen LogP contribution in [-0.4, -0.2) is 17.0 Å². The maximum absolute atomic E-state index is 12.0. The van der Waals surface area contributed by atoms with Crippen molar-refractivity contribution in [3.05, 3.63) is 83.1 Å². The number of hydrogen-bond donors (Lipinski definition) is 2. The third-order valence-corrected chi connectivity index (χ3v) is 3.87. The molecule has 26 heavy (non-hydrogen) atoms. The number of furan rings is 1. The lowest BCUT2D eigenvalue weighted by Crippen LogP contribution is -2.08. The molecule has 0 unspecified atom stereocenters. The molecule has 1 amide bonds. The number of amides is 1. The smallest absolute Gasteiger partial charge is 0.335 e. The first-order valence-corrected chi connectivity index (χ1v) is 8.08. The minimum atomic E-state index is -1.06. The van der Waals surface area contributed by atoms with Crippen molar-refractivity contribution in [2.24, 2.45) is 0 Å². The van der Waals surface area contributed by atoms with Crippen LogP contribution in [0.2, 0.25) is 5.02 Å². The van der Waals surface area contributed by atoms with Crippen molar-refractivity contribution in [1.29, 1.82) is 0 Å². The Morgan fingerprint density at radius 2 is 1.85 bits per heavy atom. The summed E-state index contributed by atoms with van der Waals surface area (Å²) >= 11 is 6.14. The van der Waals surface area contributed by atoms with Crippen LogP contribution >= 0.6 is 11.6 Å². The highest BCUT2D eigenvalue weighted by Crippen LogP contribution is 2.29. The summed E-state index contributed by atoms with van der Waals surface area (Å²) in [6.07, 6.45) is 2.83. The van der Waals surface area contributed by atoms with E-state index in [1.165, 1.54) is 24.3 Å². The van der Waals surface area contributed by atoms with E-state index in [0.717, 1.165) is 5.56 Å². The molecule has 0 spiro atoms. The molecule has 0 atom stereocenters. The number of nitrogens with one attached hydrogen (secondary N) is 1. The van der Waals surface area contributed by atoms with Gasteiger partial charge in [0.1, 0.15) is 11.5 Å². The maximum atomic E-state index is 12.0. The molecule has 6 heteroatoms. The Morgan fingerprint density at radius 3 is 2.62 bits per heavy atom. The molecule has 2 aromatic carbocycles. The van der Waals surface area contributed by atoms with Crippen LogP contribution in [0.25, 0.3) is 17.4 Å². The number of rotatable bonds is 5. The molecular weight excluding hydrogens is 354 g/mol. The quantitative estimate of drug-likeness (QED) is 0.625. The van der Waals surface area contributed by atoms with Gasteiger partial charge in [-0.25, -0.2) is 4.79 Å². The Kier molecular flexibility index (Phi) is 5.20. The van der Waals surface area contributed by atoms with Crippen LogP contribution in [-0.2, 0) is 4.79 Å². The maximum Gasteiger partial charge on any atom is 0.335 e. The molecule has 0 aliphatic heterocycles. The van der Waals surface area contributed by atoms with Gasteiger partial charge in [0.2, 0.25) is 5.91 Å². The summed E-state index contributed by atoms with van der Waals surface area (Å²) in [6, 6.07) is 16.8. The van der Waals surface area contributed by atoms with Gasteiger partial charge in [-0.3, -0.25) is 4.79 Å². The molecule has 1 heterocycles. The minimum Gasteiger partial charge on any atom is -0.478 e. The van der Waals surface area contributed by atoms with Crippen molar-refractivity contribution in [3.63, 3.8) is 0 Å². The van der Waals surface area contributed by atoms with E-state index < -0.39 is 11.9 Å². The summed E-state index contributed by atoms with van der Waals surface area (Å²) in [7, 11) is 0. The van der Waals surface area contributed by atoms with Crippen molar-refractivity contribution in [3.8, 4) is 11.3 Å². The number of hydrogen-bond acceptors (Lipinski definition) is 3. The normalized spacial score (nSPS) is 10.8. The largest absolute Gasteiger partial charge is 0.478 e. The van der Waals surface area contributed by atoms with E-state index in [9.17, 15) is 9.59 Å². The van der Waals surface area contributed by atoms with Gasteiger partial charge in [0.15, 0.2) is 0 Å². The molecule has 0 aliphatic carbocycles. The summed E-state index contributed by atoms with van der Waals surface area (Å²) in [5.41, 5.74) is 1.27. The summed E-state index contributed by atoms with van der Waals surface area (Å²) in [6.45, 7) is 0. The molecule has 0 saturated heterocycles. The van der Waals surface area contributed by atoms with Crippen LogP contribution in [0.3, 0.4) is 0 Å². The van der Waals surface area contributed by atoms with Crippen molar-refractivity contribution < 1.29 is 19.1 Å². The number of carbonyl (C=O) groups is 2. The predicted octanol–water partition coefficient (Wildman–Crippen LogP) is 4.95. The molecule has 1 aromatic heterocycles. The van der Waals surface area contributed by atoms with E-state index in [4.69, 9.17) is 21.1 Å². The molecule has 3 rings (SSSR count). The van der Waals surface area contributed by atoms with E-state index in [1.54, 1.807) is 30.3 Å². The minimum absolute atomic E-state index is 0.0993. The van der Waals surface area contributed by atoms with E-state index in [0.29, 0.717) is 22.2 Å². The lowest BCUT2D eigenvalue weighted by molar-refractivity contribution is -0.111. The predicted molar refractivity (Wildman–Crippen MR) is 100 cm³/mol. The Balaban J connectivity index is 1.69. The monoisotopic (exact) mass is 367 g/mol. The number of carboxylic acids is 1. The third kappa shape index (κ3) is 4.20. The van der Waals surface area contributed by atoms with Gasteiger partial charge in [0.25, 0.3) is 0 Å². The van der Waals surface area contributed by atoms with Crippen LogP contribution in [0, 0.1) is 0 Å². The first kappa shape index (κ1) is 17.5. The molecular formula is C20H14ClNO4. The van der Waals surface area contributed by atoms with Crippen molar-refractivity contribution >= 4 is 35.2 Å². The van der Waals surface area contributed by atoms with Crippen molar-refractivity contribution in [2.75, 3.05) is 5.32 Å². The van der Waals surface area contributed by atoms with Gasteiger partial charge in [-0.05, 0) is 48.5 Å². The highest BCUT2D eigenvalue weighted by Gasteiger charge is 2.07. The summed E-state index contributed by atoms with van der Waals surface area (Å²) in [5.74, 6) is -0.360. The Bertz CT molecular complexity index is 991. The number of aromatic carboxylic acids is 1. The topological polar surface area (TPSA) is 79.5 Å². The van der Waals surface area contributed by atoms with Gasteiger partial charge < -0.3 is 14.8 Å². The van der Waals surface area contributed by atoms with Crippen LogP contribution in [0.5, 0.6) is 0 Å². The zero-order valence-electron chi connectivity index (χ0n) is 13.5. The molecule has 0 fully saturated rings. The van der Waals surface area contributed by atoms with Gasteiger partial charge in [0, 0.05) is 17.3 Å². The van der Waals surface area contributed by atoms with Crippen LogP contribution in [0.15, 0.2) is 71.2 Å². The summed E-state index contributed by atoms with van der Waals surface area (Å²) < 4.78 is 5.67. The van der Waals surface area contributed by atoms with E-state index in [2.05, 4.69) is 5.32 Å². The van der Waals surface area contributed by atoms with Gasteiger partial charge >= 0.3 is 5.97 Å².